The molecule has 1 heterocycles. The van der Waals surface area contributed by atoms with Gasteiger partial charge < -0.3 is 4.74 Å². The van der Waals surface area contributed by atoms with Crippen molar-refractivity contribution in [2.45, 2.75) is 6.42 Å². The highest BCUT2D eigenvalue weighted by atomic mass is 19.1. The number of hydrogen-bond donors (Lipinski definition) is 0. The number of carbonyl (C=O) groups is 1. The monoisotopic (exact) mass is 211 g/mol. The van der Waals surface area contributed by atoms with E-state index in [1.165, 1.54) is 0 Å². The van der Waals surface area contributed by atoms with Crippen LogP contribution >= 0.6 is 0 Å². The molecule has 0 bridgehead atoms. The van der Waals surface area contributed by atoms with E-state index in [9.17, 15) is 19.3 Å². The van der Waals surface area contributed by atoms with Crippen LogP contribution in [-0.2, 0) is 11.2 Å². The molecule has 1 aliphatic heterocycles. The van der Waals surface area contributed by atoms with Crippen LogP contribution in [0.4, 0.5) is 10.1 Å². The third kappa shape index (κ3) is 1.65. The van der Waals surface area contributed by atoms with Gasteiger partial charge in [-0.05, 0) is 0 Å². The molecule has 6 heteroatoms. The van der Waals surface area contributed by atoms with Crippen molar-refractivity contribution in [2.24, 2.45) is 0 Å². The number of fused-ring (bicyclic) bond motifs is 1. The summed E-state index contributed by atoms with van der Waals surface area (Å²) in [6, 6.07) is 1.99. The Labute approximate surface area is 83.6 Å². The van der Waals surface area contributed by atoms with Gasteiger partial charge in [0.15, 0.2) is 5.78 Å². The Balaban J connectivity index is 2.51. The number of Topliss-reactive ketones (excluding diaryl/α,β-unsaturated/α-hetero) is 1. The highest BCUT2D eigenvalue weighted by Crippen LogP contribution is 2.30. The molecular weight excluding hydrogens is 205 g/mol. The van der Waals surface area contributed by atoms with Crippen LogP contribution in [0, 0.1) is 15.9 Å². The summed E-state index contributed by atoms with van der Waals surface area (Å²) < 4.78 is 18.1. The molecule has 2 rings (SSSR count). The van der Waals surface area contributed by atoms with Crippen LogP contribution in [0.5, 0.6) is 5.75 Å². The second kappa shape index (κ2) is 3.30. The molecule has 78 valence electrons. The third-order valence-corrected chi connectivity index (χ3v) is 2.10. The molecular formula is C9H6FNO4. The average molecular weight is 211 g/mol. The van der Waals surface area contributed by atoms with E-state index in [1.54, 1.807) is 0 Å². The smallest absolute Gasteiger partial charge is 0.305 e. The Bertz CT molecular complexity index is 458. The Morgan fingerprint density at radius 2 is 2.20 bits per heavy atom. The number of nitro benzene ring substituents is 1. The molecule has 0 N–H and O–H groups in total. The zero-order valence-electron chi connectivity index (χ0n) is 7.53. The molecule has 1 aliphatic rings. The first-order valence-corrected chi connectivity index (χ1v) is 4.19. The quantitative estimate of drug-likeness (QED) is 0.517. The van der Waals surface area contributed by atoms with E-state index >= 15 is 0 Å². The first-order valence-electron chi connectivity index (χ1n) is 4.19. The van der Waals surface area contributed by atoms with Crippen molar-refractivity contribution in [1.82, 2.24) is 0 Å². The van der Waals surface area contributed by atoms with Gasteiger partial charge >= 0.3 is 5.69 Å². The summed E-state index contributed by atoms with van der Waals surface area (Å²) in [7, 11) is 0. The van der Waals surface area contributed by atoms with Crippen molar-refractivity contribution in [1.29, 1.82) is 0 Å². The van der Waals surface area contributed by atoms with Gasteiger partial charge in [0.05, 0.1) is 4.92 Å². The van der Waals surface area contributed by atoms with Crippen molar-refractivity contribution in [3.8, 4) is 5.75 Å². The van der Waals surface area contributed by atoms with Crippen LogP contribution in [-0.4, -0.2) is 17.3 Å². The lowest BCUT2D eigenvalue weighted by Crippen LogP contribution is -2.20. The highest BCUT2D eigenvalue weighted by Gasteiger charge is 2.23. The number of benzene rings is 1. The number of hydrogen-bond acceptors (Lipinski definition) is 4. The van der Waals surface area contributed by atoms with Crippen molar-refractivity contribution >= 4 is 11.5 Å². The molecule has 0 amide bonds. The maximum Gasteiger partial charge on any atom is 0.305 e. The fraction of sp³-hybridized carbons (Fsp3) is 0.222. The highest BCUT2D eigenvalue weighted by molar-refractivity contribution is 5.84. The van der Waals surface area contributed by atoms with Gasteiger partial charge in [0.25, 0.3) is 0 Å². The first-order chi connectivity index (χ1) is 7.08. The normalized spacial score (nSPS) is 14.3. The predicted octanol–water partition coefficient (Wildman–Crippen LogP) is 1.24. The van der Waals surface area contributed by atoms with E-state index in [2.05, 4.69) is 0 Å². The molecule has 0 unspecified atom stereocenters. The van der Waals surface area contributed by atoms with Gasteiger partial charge in [0.2, 0.25) is 5.82 Å². The minimum Gasteiger partial charge on any atom is -0.485 e. The van der Waals surface area contributed by atoms with Gasteiger partial charge in [0.1, 0.15) is 12.4 Å². The van der Waals surface area contributed by atoms with Crippen LogP contribution in [0.2, 0.25) is 0 Å². The number of rotatable bonds is 1. The Morgan fingerprint density at radius 3 is 2.87 bits per heavy atom. The molecule has 1 aromatic rings. The maximum absolute atomic E-state index is 13.1. The summed E-state index contributed by atoms with van der Waals surface area (Å²) in [5.74, 6) is -0.922. The average Bonchev–Trinajstić information content (AvgIpc) is 2.17. The number of carbonyl (C=O) groups excluding carboxylic acids is 1. The fourth-order valence-electron chi connectivity index (χ4n) is 1.42. The summed E-state index contributed by atoms with van der Waals surface area (Å²) in [5.41, 5.74) is -0.272. The molecule has 0 saturated heterocycles. The van der Waals surface area contributed by atoms with Crippen LogP contribution in [0.3, 0.4) is 0 Å². The topological polar surface area (TPSA) is 69.4 Å². The molecule has 0 radical (unpaired) electrons. The van der Waals surface area contributed by atoms with Gasteiger partial charge in [0, 0.05) is 24.1 Å². The van der Waals surface area contributed by atoms with Crippen molar-refractivity contribution in [3.05, 3.63) is 33.6 Å². The largest absolute Gasteiger partial charge is 0.485 e. The van der Waals surface area contributed by atoms with Crippen molar-refractivity contribution in [3.63, 3.8) is 0 Å². The molecule has 15 heavy (non-hydrogen) atoms. The van der Waals surface area contributed by atoms with Crippen LogP contribution < -0.4 is 4.74 Å². The van der Waals surface area contributed by atoms with Crippen LogP contribution in [0.25, 0.3) is 0 Å². The van der Waals surface area contributed by atoms with E-state index in [0.717, 1.165) is 12.1 Å². The lowest BCUT2D eigenvalue weighted by Gasteiger charge is -2.15. The van der Waals surface area contributed by atoms with Crippen molar-refractivity contribution in [2.75, 3.05) is 6.61 Å². The maximum atomic E-state index is 13.1. The van der Waals surface area contributed by atoms with E-state index in [4.69, 9.17) is 4.74 Å². The Kier molecular flexibility index (Phi) is 2.11. The van der Waals surface area contributed by atoms with Gasteiger partial charge in [-0.1, -0.05) is 0 Å². The predicted molar refractivity (Wildman–Crippen MR) is 47.3 cm³/mol. The number of ether oxygens (including phenoxy) is 1. The van der Waals surface area contributed by atoms with Gasteiger partial charge in [-0.25, -0.2) is 0 Å². The molecule has 0 fully saturated rings. The number of ketones is 1. The molecule has 0 aliphatic carbocycles. The van der Waals surface area contributed by atoms with Crippen LogP contribution in [0.1, 0.15) is 5.56 Å². The lowest BCUT2D eigenvalue weighted by molar-refractivity contribution is -0.387. The van der Waals surface area contributed by atoms with E-state index < -0.39 is 16.4 Å². The molecule has 0 saturated carbocycles. The minimum absolute atomic E-state index is 0.0520. The summed E-state index contributed by atoms with van der Waals surface area (Å²) in [5, 5.41) is 10.4. The molecule has 1 aromatic carbocycles. The first kappa shape index (κ1) is 9.57. The summed E-state index contributed by atoms with van der Waals surface area (Å²) >= 11 is 0. The standard InChI is InChI=1S/C9H6FNO4/c10-7-3-9-5(1-6(12)4-15-9)2-8(7)11(13)14/h2-3H,1,4H2. The molecule has 0 atom stereocenters. The minimum atomic E-state index is -0.951. The van der Waals surface area contributed by atoms with E-state index in [1.807, 2.05) is 0 Å². The summed E-state index contributed by atoms with van der Waals surface area (Å²) in [6.07, 6.45) is 0.0520. The van der Waals surface area contributed by atoms with E-state index in [0.29, 0.717) is 5.56 Å². The van der Waals surface area contributed by atoms with Gasteiger partial charge in [-0.3, -0.25) is 14.9 Å². The second-order valence-electron chi connectivity index (χ2n) is 3.17. The zero-order chi connectivity index (χ0) is 11.0. The third-order valence-electron chi connectivity index (χ3n) is 2.10. The SMILES string of the molecule is O=C1COc2cc(F)c([N+](=O)[O-])cc2C1. The van der Waals surface area contributed by atoms with Crippen LogP contribution in [0.15, 0.2) is 12.1 Å². The summed E-state index contributed by atoms with van der Waals surface area (Å²) in [4.78, 5) is 20.6. The van der Waals surface area contributed by atoms with Gasteiger partial charge in [-0.15, -0.1) is 0 Å². The Morgan fingerprint density at radius 1 is 1.47 bits per heavy atom. The molecule has 5 nitrogen and oxygen atoms in total. The number of halogens is 1. The molecule has 0 aromatic heterocycles. The second-order valence-corrected chi connectivity index (χ2v) is 3.17. The van der Waals surface area contributed by atoms with Gasteiger partial charge in [-0.2, -0.15) is 4.39 Å². The fourth-order valence-corrected chi connectivity index (χ4v) is 1.42. The lowest BCUT2D eigenvalue weighted by atomic mass is 10.0. The Hall–Kier alpha value is -1.98. The zero-order valence-corrected chi connectivity index (χ0v) is 7.53. The number of nitro groups is 1. The summed E-state index contributed by atoms with van der Waals surface area (Å²) in [6.45, 7) is -0.107. The molecule has 0 spiro atoms. The van der Waals surface area contributed by atoms with E-state index in [-0.39, 0.29) is 24.6 Å². The van der Waals surface area contributed by atoms with Crippen molar-refractivity contribution < 1.29 is 18.8 Å². The number of nitrogens with zero attached hydrogens (tertiary/aromatic N) is 1.